The molecule has 0 amide bonds. The van der Waals surface area contributed by atoms with E-state index in [2.05, 4.69) is 4.99 Å². The first-order chi connectivity index (χ1) is 7.22. The molecule has 0 radical (unpaired) electrons. The number of isocyanates is 1. The minimum atomic E-state index is -1.05. The molecule has 0 aromatic heterocycles. The Kier molecular flexibility index (Phi) is 3.29. The lowest BCUT2D eigenvalue weighted by Gasteiger charge is -2.02. The number of nitrogens with zero attached hydrogens (tertiary/aromatic N) is 3. The molecule has 0 saturated carbocycles. The lowest BCUT2D eigenvalue weighted by Crippen LogP contribution is -1.94. The molecule has 1 aromatic carbocycles. The number of rotatable bonds is 2. The van der Waals surface area contributed by atoms with Crippen LogP contribution in [0.4, 0.5) is 4.39 Å². The highest BCUT2D eigenvalue weighted by molar-refractivity contribution is 5.41. The van der Waals surface area contributed by atoms with Crippen molar-refractivity contribution in [3.05, 3.63) is 35.1 Å². The van der Waals surface area contributed by atoms with Crippen LogP contribution in [0.25, 0.3) is 0 Å². The number of halogens is 1. The van der Waals surface area contributed by atoms with Crippen molar-refractivity contribution in [2.45, 2.75) is 6.04 Å². The third kappa shape index (κ3) is 2.25. The van der Waals surface area contributed by atoms with Gasteiger partial charge in [-0.3, -0.25) is 0 Å². The summed E-state index contributed by atoms with van der Waals surface area (Å²) < 4.78 is 12.9. The zero-order valence-electron chi connectivity index (χ0n) is 7.44. The second-order valence-corrected chi connectivity index (χ2v) is 2.60. The number of aliphatic imine (C=N–C) groups is 1. The Hall–Kier alpha value is -2.49. The van der Waals surface area contributed by atoms with E-state index in [9.17, 15) is 9.18 Å². The van der Waals surface area contributed by atoms with Crippen LogP contribution in [0, 0.1) is 28.5 Å². The molecule has 0 spiro atoms. The normalized spacial score (nSPS) is 10.6. The van der Waals surface area contributed by atoms with Crippen LogP contribution >= 0.6 is 0 Å². The van der Waals surface area contributed by atoms with Crippen LogP contribution in [0.15, 0.2) is 23.2 Å². The number of benzene rings is 1. The second-order valence-electron chi connectivity index (χ2n) is 2.60. The van der Waals surface area contributed by atoms with E-state index in [4.69, 9.17) is 10.5 Å². The monoisotopic (exact) mass is 201 g/mol. The van der Waals surface area contributed by atoms with E-state index >= 15 is 0 Å². The Morgan fingerprint density at radius 1 is 1.40 bits per heavy atom. The van der Waals surface area contributed by atoms with Crippen molar-refractivity contribution in [3.63, 3.8) is 0 Å². The van der Waals surface area contributed by atoms with Gasteiger partial charge in [-0.2, -0.15) is 15.5 Å². The fraction of sp³-hybridized carbons (Fsp3) is 0.100. The summed E-state index contributed by atoms with van der Waals surface area (Å²) in [5.41, 5.74) is 0.104. The minimum absolute atomic E-state index is 0.186. The summed E-state index contributed by atoms with van der Waals surface area (Å²) in [5.74, 6) is -0.673. The molecular weight excluding hydrogens is 197 g/mol. The predicted octanol–water partition coefficient (Wildman–Crippen LogP) is 1.60. The number of nitriles is 2. The van der Waals surface area contributed by atoms with Gasteiger partial charge in [0.2, 0.25) is 6.08 Å². The van der Waals surface area contributed by atoms with E-state index in [0.717, 1.165) is 6.07 Å². The molecule has 1 atom stereocenters. The first-order valence-electron chi connectivity index (χ1n) is 3.89. The summed E-state index contributed by atoms with van der Waals surface area (Å²) in [5, 5.41) is 17.2. The van der Waals surface area contributed by atoms with Gasteiger partial charge in [-0.25, -0.2) is 9.18 Å². The Morgan fingerprint density at radius 2 is 2.13 bits per heavy atom. The zero-order chi connectivity index (χ0) is 11.3. The Morgan fingerprint density at radius 3 is 2.67 bits per heavy atom. The summed E-state index contributed by atoms with van der Waals surface area (Å²) in [7, 11) is 0. The first kappa shape index (κ1) is 10.6. The van der Waals surface area contributed by atoms with Gasteiger partial charge in [0.1, 0.15) is 11.9 Å². The van der Waals surface area contributed by atoms with Crippen molar-refractivity contribution in [1.29, 1.82) is 10.5 Å². The maximum atomic E-state index is 12.9. The Labute approximate surface area is 84.9 Å². The SMILES string of the molecule is N#Cc1cc(C(C#N)N=C=O)ccc1F. The van der Waals surface area contributed by atoms with Crippen LogP contribution in [0.2, 0.25) is 0 Å². The number of hydrogen-bond donors (Lipinski definition) is 0. The van der Waals surface area contributed by atoms with E-state index in [0.29, 0.717) is 5.56 Å². The minimum Gasteiger partial charge on any atom is -0.211 e. The van der Waals surface area contributed by atoms with Crippen LogP contribution in [0.1, 0.15) is 17.2 Å². The smallest absolute Gasteiger partial charge is 0.211 e. The van der Waals surface area contributed by atoms with Crippen molar-refractivity contribution < 1.29 is 9.18 Å². The molecule has 0 fully saturated rings. The standard InChI is InChI=1S/C10H4FN3O/c11-9-2-1-7(3-8(9)4-12)10(5-13)14-6-15/h1-3,10H. The van der Waals surface area contributed by atoms with Crippen LogP contribution in [0.3, 0.4) is 0 Å². The fourth-order valence-electron chi connectivity index (χ4n) is 1.03. The number of hydrogen-bond acceptors (Lipinski definition) is 4. The van der Waals surface area contributed by atoms with E-state index in [-0.39, 0.29) is 5.56 Å². The van der Waals surface area contributed by atoms with Crippen molar-refractivity contribution in [1.82, 2.24) is 0 Å². The molecule has 72 valence electrons. The summed E-state index contributed by atoms with van der Waals surface area (Å²) >= 11 is 0. The van der Waals surface area contributed by atoms with Gasteiger partial charge in [0.15, 0.2) is 6.04 Å². The fourth-order valence-corrected chi connectivity index (χ4v) is 1.03. The van der Waals surface area contributed by atoms with Gasteiger partial charge in [-0.05, 0) is 17.7 Å². The van der Waals surface area contributed by atoms with Gasteiger partial charge < -0.3 is 0 Å². The third-order valence-electron chi connectivity index (χ3n) is 1.73. The van der Waals surface area contributed by atoms with E-state index in [1.165, 1.54) is 18.2 Å². The topological polar surface area (TPSA) is 77.0 Å². The van der Waals surface area contributed by atoms with Crippen molar-refractivity contribution in [3.8, 4) is 12.1 Å². The summed E-state index contributed by atoms with van der Waals surface area (Å²) in [6.45, 7) is 0. The lowest BCUT2D eigenvalue weighted by atomic mass is 10.1. The van der Waals surface area contributed by atoms with Crippen LogP contribution in [-0.2, 0) is 4.79 Å². The first-order valence-corrected chi connectivity index (χ1v) is 3.89. The molecule has 5 heteroatoms. The molecule has 0 bridgehead atoms. The van der Waals surface area contributed by atoms with Gasteiger partial charge in [0, 0.05) is 0 Å². The van der Waals surface area contributed by atoms with Crippen molar-refractivity contribution in [2.24, 2.45) is 4.99 Å². The van der Waals surface area contributed by atoms with Crippen molar-refractivity contribution >= 4 is 6.08 Å². The van der Waals surface area contributed by atoms with Gasteiger partial charge in [-0.15, -0.1) is 0 Å². The van der Waals surface area contributed by atoms with Crippen molar-refractivity contribution in [2.75, 3.05) is 0 Å². The highest BCUT2D eigenvalue weighted by Crippen LogP contribution is 2.18. The molecular formula is C10H4FN3O. The lowest BCUT2D eigenvalue weighted by molar-refractivity contribution is 0.561. The molecule has 1 aromatic rings. The molecule has 0 aliphatic heterocycles. The third-order valence-corrected chi connectivity index (χ3v) is 1.73. The summed E-state index contributed by atoms with van der Waals surface area (Å²) in [6, 6.07) is 5.85. The average Bonchev–Trinajstić information content (AvgIpc) is 2.27. The molecule has 0 aliphatic carbocycles. The van der Waals surface area contributed by atoms with Crippen LogP contribution in [0.5, 0.6) is 0 Å². The highest BCUT2D eigenvalue weighted by atomic mass is 19.1. The van der Waals surface area contributed by atoms with Gasteiger partial charge in [0.05, 0.1) is 11.6 Å². The molecule has 0 heterocycles. The molecule has 0 aliphatic rings. The van der Waals surface area contributed by atoms with E-state index < -0.39 is 11.9 Å². The summed E-state index contributed by atoms with van der Waals surface area (Å²) in [6.07, 6.45) is 1.25. The largest absolute Gasteiger partial charge is 0.236 e. The predicted molar refractivity (Wildman–Crippen MR) is 47.6 cm³/mol. The molecule has 4 nitrogen and oxygen atoms in total. The zero-order valence-corrected chi connectivity index (χ0v) is 7.44. The second kappa shape index (κ2) is 4.66. The van der Waals surface area contributed by atoms with E-state index in [1.807, 2.05) is 0 Å². The van der Waals surface area contributed by atoms with Gasteiger partial charge >= 0.3 is 0 Å². The Balaban J connectivity index is 3.23. The maximum Gasteiger partial charge on any atom is 0.236 e. The van der Waals surface area contributed by atoms with E-state index in [1.54, 1.807) is 12.1 Å². The highest BCUT2D eigenvalue weighted by Gasteiger charge is 2.11. The van der Waals surface area contributed by atoms with Crippen LogP contribution < -0.4 is 0 Å². The molecule has 0 N–H and O–H groups in total. The summed E-state index contributed by atoms with van der Waals surface area (Å²) in [4.78, 5) is 13.2. The molecule has 1 rings (SSSR count). The van der Waals surface area contributed by atoms with Crippen LogP contribution in [-0.4, -0.2) is 6.08 Å². The molecule has 1 unspecified atom stereocenters. The number of carbonyl (C=O) groups excluding carboxylic acids is 1. The Bertz CT molecular complexity index is 506. The van der Waals surface area contributed by atoms with Gasteiger partial charge in [-0.1, -0.05) is 6.07 Å². The average molecular weight is 201 g/mol. The van der Waals surface area contributed by atoms with Gasteiger partial charge in [0.25, 0.3) is 0 Å². The maximum absolute atomic E-state index is 12.9. The molecule has 15 heavy (non-hydrogen) atoms. The quantitative estimate of drug-likeness (QED) is 0.538. The molecule has 0 saturated heterocycles.